The molecule has 1 heterocycles. The van der Waals surface area contributed by atoms with Crippen molar-refractivity contribution in [3.63, 3.8) is 0 Å². The van der Waals surface area contributed by atoms with Crippen molar-refractivity contribution in [3.8, 4) is 0 Å². The highest BCUT2D eigenvalue weighted by Gasteiger charge is 2.54. The fourth-order valence-electron chi connectivity index (χ4n) is 2.87. The molecule has 0 N–H and O–H groups in total. The van der Waals surface area contributed by atoms with Crippen LogP contribution in [-0.4, -0.2) is 35.4 Å². The zero-order chi connectivity index (χ0) is 14.3. The van der Waals surface area contributed by atoms with Crippen LogP contribution in [0.15, 0.2) is 35.3 Å². The van der Waals surface area contributed by atoms with Gasteiger partial charge in [-0.15, -0.1) is 10.3 Å². The van der Waals surface area contributed by atoms with E-state index in [1.165, 1.54) is 0 Å². The smallest absolute Gasteiger partial charge is 0.166 e. The second-order valence-electron chi connectivity index (χ2n) is 5.72. The number of nitrogens with zero attached hydrogens (tertiary/aromatic N) is 3. The van der Waals surface area contributed by atoms with Crippen molar-refractivity contribution in [1.29, 1.82) is 0 Å². The fraction of sp³-hybridized carbons (Fsp3) is 0.533. The van der Waals surface area contributed by atoms with Crippen molar-refractivity contribution in [2.45, 2.75) is 38.4 Å². The van der Waals surface area contributed by atoms with E-state index in [2.05, 4.69) is 0 Å². The first-order valence-electron chi connectivity index (χ1n) is 6.67. The number of likely N-dealkylation sites (N-methyl/N-ethyl adjacent to an activating group) is 1. The Kier molecular flexibility index (Phi) is 3.41. The molecule has 19 heavy (non-hydrogen) atoms. The maximum Gasteiger partial charge on any atom is 0.166 e. The second-order valence-corrected chi connectivity index (χ2v) is 5.72. The summed E-state index contributed by atoms with van der Waals surface area (Å²) < 4.78 is 0. The lowest BCUT2D eigenvalue weighted by Gasteiger charge is -2.36. The summed E-state index contributed by atoms with van der Waals surface area (Å²) in [7, 11) is 3.87. The minimum absolute atomic E-state index is 0.616. The summed E-state index contributed by atoms with van der Waals surface area (Å²) in [4.78, 5) is 6.73. The SMILES string of the molecule is CCC1(c2ccccc2)N=C(N(C)C)C(C)(C)N1[O]. The van der Waals surface area contributed by atoms with Crippen molar-refractivity contribution in [3.05, 3.63) is 35.9 Å². The normalized spacial score (nSPS) is 26.3. The van der Waals surface area contributed by atoms with Crippen LogP contribution >= 0.6 is 0 Å². The number of amidine groups is 1. The summed E-state index contributed by atoms with van der Waals surface area (Å²) in [5.74, 6) is 0.827. The van der Waals surface area contributed by atoms with Gasteiger partial charge < -0.3 is 4.90 Å². The van der Waals surface area contributed by atoms with Gasteiger partial charge in [0.15, 0.2) is 5.66 Å². The lowest BCUT2D eigenvalue weighted by atomic mass is 9.95. The first-order valence-corrected chi connectivity index (χ1v) is 6.67. The average molecular weight is 260 g/mol. The van der Waals surface area contributed by atoms with E-state index in [0.717, 1.165) is 16.5 Å². The number of hydrogen-bond acceptors (Lipinski definition) is 3. The topological polar surface area (TPSA) is 38.7 Å². The summed E-state index contributed by atoms with van der Waals surface area (Å²) in [6.07, 6.45) is 0.654. The Morgan fingerprint density at radius 3 is 2.21 bits per heavy atom. The van der Waals surface area contributed by atoms with Gasteiger partial charge in [-0.1, -0.05) is 37.3 Å². The Labute approximate surface area is 115 Å². The third-order valence-corrected chi connectivity index (χ3v) is 3.83. The molecule has 0 saturated carbocycles. The largest absolute Gasteiger partial charge is 0.365 e. The Balaban J connectivity index is 2.59. The highest BCUT2D eigenvalue weighted by atomic mass is 16.5. The van der Waals surface area contributed by atoms with Gasteiger partial charge in [-0.3, -0.25) is 0 Å². The van der Waals surface area contributed by atoms with Crippen molar-refractivity contribution in [2.24, 2.45) is 4.99 Å². The molecule has 103 valence electrons. The van der Waals surface area contributed by atoms with Crippen LogP contribution in [-0.2, 0) is 10.9 Å². The number of benzene rings is 1. The van der Waals surface area contributed by atoms with E-state index in [4.69, 9.17) is 4.99 Å². The molecule has 0 aliphatic carbocycles. The van der Waals surface area contributed by atoms with Crippen molar-refractivity contribution in [1.82, 2.24) is 9.96 Å². The zero-order valence-corrected chi connectivity index (χ0v) is 12.3. The molecule has 1 unspecified atom stereocenters. The van der Waals surface area contributed by atoms with Gasteiger partial charge in [0.25, 0.3) is 0 Å². The summed E-state index contributed by atoms with van der Waals surface area (Å²) in [6.45, 7) is 5.87. The van der Waals surface area contributed by atoms with Gasteiger partial charge in [-0.2, -0.15) is 0 Å². The van der Waals surface area contributed by atoms with Crippen LogP contribution in [0.25, 0.3) is 0 Å². The third kappa shape index (κ3) is 1.95. The quantitative estimate of drug-likeness (QED) is 0.820. The molecule has 1 aliphatic rings. The first-order chi connectivity index (χ1) is 8.86. The van der Waals surface area contributed by atoms with Crippen LogP contribution in [0.5, 0.6) is 0 Å². The molecule has 0 spiro atoms. The number of hydrogen-bond donors (Lipinski definition) is 0. The van der Waals surface area contributed by atoms with Crippen molar-refractivity contribution in [2.75, 3.05) is 14.1 Å². The van der Waals surface area contributed by atoms with E-state index >= 15 is 0 Å². The summed E-state index contributed by atoms with van der Waals surface area (Å²) in [5, 5.41) is 14.0. The maximum absolute atomic E-state index is 12.9. The van der Waals surface area contributed by atoms with Gasteiger partial charge >= 0.3 is 0 Å². The van der Waals surface area contributed by atoms with Crippen LogP contribution in [0, 0.1) is 0 Å². The Morgan fingerprint density at radius 1 is 1.21 bits per heavy atom. The number of rotatable bonds is 2. The molecule has 1 radical (unpaired) electrons. The van der Waals surface area contributed by atoms with Gasteiger partial charge in [-0.05, 0) is 25.8 Å². The van der Waals surface area contributed by atoms with E-state index in [9.17, 15) is 5.21 Å². The molecule has 0 bridgehead atoms. The molecule has 1 atom stereocenters. The van der Waals surface area contributed by atoms with Crippen LogP contribution in [0.1, 0.15) is 32.8 Å². The number of hydroxylamine groups is 2. The molecule has 1 aliphatic heterocycles. The van der Waals surface area contributed by atoms with Gasteiger partial charge in [0.1, 0.15) is 11.4 Å². The van der Waals surface area contributed by atoms with Crippen molar-refractivity contribution >= 4 is 5.84 Å². The van der Waals surface area contributed by atoms with Gasteiger partial charge in [0.2, 0.25) is 0 Å². The Bertz CT molecular complexity index is 481. The standard InChI is InChI=1S/C15H22N3O/c1-6-15(12-10-8-7-9-11-12)16-13(17(4)5)14(2,3)18(15)19/h7-11H,6H2,1-5H3. The van der Waals surface area contributed by atoms with Crippen LogP contribution in [0.2, 0.25) is 0 Å². The summed E-state index contributed by atoms with van der Waals surface area (Å²) >= 11 is 0. The highest BCUT2D eigenvalue weighted by molar-refractivity contribution is 5.92. The van der Waals surface area contributed by atoms with E-state index in [1.807, 2.05) is 70.1 Å². The monoisotopic (exact) mass is 260 g/mol. The summed E-state index contributed by atoms with van der Waals surface area (Å²) in [5.41, 5.74) is -0.461. The van der Waals surface area contributed by atoms with E-state index < -0.39 is 11.2 Å². The molecule has 4 heteroatoms. The average Bonchev–Trinajstić information content (AvgIpc) is 2.60. The van der Waals surface area contributed by atoms with Gasteiger partial charge in [0.05, 0.1) is 0 Å². The van der Waals surface area contributed by atoms with Crippen LogP contribution in [0.3, 0.4) is 0 Å². The van der Waals surface area contributed by atoms with E-state index in [0.29, 0.717) is 6.42 Å². The molecule has 2 rings (SSSR count). The molecular formula is C15H22N3O. The highest BCUT2D eigenvalue weighted by Crippen LogP contribution is 2.43. The first kappa shape index (κ1) is 14.0. The molecule has 1 aromatic rings. The predicted octanol–water partition coefficient (Wildman–Crippen LogP) is 2.65. The van der Waals surface area contributed by atoms with E-state index in [1.54, 1.807) is 0 Å². The lowest BCUT2D eigenvalue weighted by Crippen LogP contribution is -2.52. The minimum atomic E-state index is -0.801. The van der Waals surface area contributed by atoms with Crippen molar-refractivity contribution < 1.29 is 5.21 Å². The minimum Gasteiger partial charge on any atom is -0.365 e. The van der Waals surface area contributed by atoms with E-state index in [-0.39, 0.29) is 0 Å². The molecular weight excluding hydrogens is 238 g/mol. The second kappa shape index (κ2) is 4.62. The third-order valence-electron chi connectivity index (χ3n) is 3.83. The van der Waals surface area contributed by atoms with Crippen LogP contribution < -0.4 is 0 Å². The Hall–Kier alpha value is -1.39. The zero-order valence-electron chi connectivity index (χ0n) is 12.3. The number of aliphatic imine (C=N–C) groups is 1. The molecule has 0 aromatic heterocycles. The molecule has 1 aromatic carbocycles. The van der Waals surface area contributed by atoms with Gasteiger partial charge in [0, 0.05) is 14.1 Å². The van der Waals surface area contributed by atoms with Gasteiger partial charge in [-0.25, -0.2) is 4.99 Å². The molecule has 0 amide bonds. The fourth-order valence-corrected chi connectivity index (χ4v) is 2.87. The Morgan fingerprint density at radius 2 is 1.79 bits per heavy atom. The lowest BCUT2D eigenvalue weighted by molar-refractivity contribution is -0.256. The molecule has 0 saturated heterocycles. The predicted molar refractivity (Wildman–Crippen MR) is 76.1 cm³/mol. The molecule has 4 nitrogen and oxygen atoms in total. The molecule has 0 fully saturated rings. The summed E-state index contributed by atoms with van der Waals surface area (Å²) in [6, 6.07) is 9.82. The maximum atomic E-state index is 12.9. The van der Waals surface area contributed by atoms with Crippen LogP contribution in [0.4, 0.5) is 0 Å².